The fourth-order valence-corrected chi connectivity index (χ4v) is 5.27. The molecule has 0 atom stereocenters. The number of aromatic amines is 1. The summed E-state index contributed by atoms with van der Waals surface area (Å²) in [7, 11) is -2.02. The third-order valence-electron chi connectivity index (χ3n) is 5.51. The number of carbonyl (C=O) groups is 1. The fraction of sp³-hybridized carbons (Fsp3) is 0.333. The number of hydrogen-bond acceptors (Lipinski definition) is 5. The summed E-state index contributed by atoms with van der Waals surface area (Å²) in [6.07, 6.45) is 3.08. The Bertz CT molecular complexity index is 1190. The minimum absolute atomic E-state index is 0.137. The number of pyridine rings is 1. The Labute approximate surface area is 180 Å². The number of sulfonamides is 1. The van der Waals surface area contributed by atoms with Gasteiger partial charge in [0.25, 0.3) is 0 Å². The molecule has 0 unspecified atom stereocenters. The summed E-state index contributed by atoms with van der Waals surface area (Å²) in [6.45, 7) is 1.82. The predicted octanol–water partition coefficient (Wildman–Crippen LogP) is 1.67. The second-order valence-electron chi connectivity index (χ2n) is 7.57. The number of halogens is 1. The molecule has 1 saturated heterocycles. The van der Waals surface area contributed by atoms with Crippen LogP contribution in [0, 0.1) is 5.82 Å². The van der Waals surface area contributed by atoms with Crippen molar-refractivity contribution < 1.29 is 17.6 Å². The second kappa shape index (κ2) is 8.74. The van der Waals surface area contributed by atoms with Gasteiger partial charge in [-0.15, -0.1) is 0 Å². The molecule has 1 fully saturated rings. The Morgan fingerprint density at radius 3 is 2.65 bits per heavy atom. The number of aromatic nitrogens is 2. The molecule has 2 aromatic heterocycles. The van der Waals surface area contributed by atoms with Crippen molar-refractivity contribution in [2.75, 3.05) is 39.8 Å². The summed E-state index contributed by atoms with van der Waals surface area (Å²) in [5.74, 6) is -0.476. The van der Waals surface area contributed by atoms with E-state index in [4.69, 9.17) is 0 Å². The van der Waals surface area contributed by atoms with E-state index in [2.05, 4.69) is 9.97 Å². The van der Waals surface area contributed by atoms with Crippen LogP contribution in [0.25, 0.3) is 11.0 Å². The molecule has 0 saturated carbocycles. The minimum atomic E-state index is -3.66. The van der Waals surface area contributed by atoms with Crippen LogP contribution in [-0.4, -0.2) is 78.2 Å². The summed E-state index contributed by atoms with van der Waals surface area (Å²) in [5, 5.41) is 0.565. The first-order chi connectivity index (χ1) is 14.9. The first-order valence-electron chi connectivity index (χ1n) is 9.98. The first kappa shape index (κ1) is 21.4. The highest BCUT2D eigenvalue weighted by Gasteiger charge is 2.31. The maximum atomic E-state index is 13.8. The molecular formula is C21H24FN5O3S. The Kier molecular flexibility index (Phi) is 6.03. The van der Waals surface area contributed by atoms with Gasteiger partial charge in [0.15, 0.2) is 0 Å². The van der Waals surface area contributed by atoms with E-state index in [1.807, 2.05) is 4.90 Å². The Hall–Kier alpha value is -2.82. The number of carbonyl (C=O) groups excluding carboxylic acids is 1. The van der Waals surface area contributed by atoms with E-state index in [0.29, 0.717) is 42.8 Å². The van der Waals surface area contributed by atoms with E-state index in [0.717, 1.165) is 0 Å². The van der Waals surface area contributed by atoms with Gasteiger partial charge in [0.2, 0.25) is 15.9 Å². The highest BCUT2D eigenvalue weighted by Crippen LogP contribution is 2.25. The van der Waals surface area contributed by atoms with Crippen LogP contribution in [0.5, 0.6) is 0 Å². The monoisotopic (exact) mass is 445 g/mol. The third-order valence-corrected chi connectivity index (χ3v) is 7.45. The Morgan fingerprint density at radius 1 is 1.16 bits per heavy atom. The van der Waals surface area contributed by atoms with Crippen LogP contribution in [0.15, 0.2) is 53.7 Å². The van der Waals surface area contributed by atoms with Crippen LogP contribution in [-0.2, 0) is 21.4 Å². The van der Waals surface area contributed by atoms with Crippen molar-refractivity contribution in [3.05, 3.63) is 60.2 Å². The van der Waals surface area contributed by atoms with E-state index >= 15 is 0 Å². The van der Waals surface area contributed by atoms with E-state index in [1.165, 1.54) is 21.5 Å². The quantitative estimate of drug-likeness (QED) is 0.624. The van der Waals surface area contributed by atoms with Gasteiger partial charge in [0.1, 0.15) is 16.4 Å². The summed E-state index contributed by atoms with van der Waals surface area (Å²) < 4.78 is 41.4. The molecule has 31 heavy (non-hydrogen) atoms. The number of piperazine rings is 1. The number of nitrogens with one attached hydrogen (secondary N) is 1. The smallest absolute Gasteiger partial charge is 0.245 e. The molecule has 1 N–H and O–H groups in total. The Morgan fingerprint density at radius 2 is 1.90 bits per heavy atom. The maximum absolute atomic E-state index is 13.8. The second-order valence-corrected chi connectivity index (χ2v) is 9.48. The lowest BCUT2D eigenvalue weighted by Crippen LogP contribution is -2.51. The topological polar surface area (TPSA) is 89.6 Å². The fourth-order valence-electron chi connectivity index (χ4n) is 3.69. The van der Waals surface area contributed by atoms with Crippen molar-refractivity contribution in [3.8, 4) is 0 Å². The van der Waals surface area contributed by atoms with Crippen LogP contribution in [0.4, 0.5) is 4.39 Å². The number of H-pyrrole nitrogens is 1. The number of benzene rings is 1. The lowest BCUT2D eigenvalue weighted by Gasteiger charge is -2.34. The van der Waals surface area contributed by atoms with Crippen LogP contribution < -0.4 is 0 Å². The zero-order valence-electron chi connectivity index (χ0n) is 17.2. The maximum Gasteiger partial charge on any atom is 0.245 e. The molecule has 10 heteroatoms. The van der Waals surface area contributed by atoms with E-state index in [1.54, 1.807) is 43.6 Å². The van der Waals surface area contributed by atoms with Crippen LogP contribution >= 0.6 is 0 Å². The molecule has 1 aliphatic heterocycles. The van der Waals surface area contributed by atoms with E-state index in [-0.39, 0.29) is 29.7 Å². The largest absolute Gasteiger partial charge is 0.345 e. The van der Waals surface area contributed by atoms with Gasteiger partial charge in [-0.05, 0) is 18.2 Å². The number of fused-ring (bicyclic) bond motifs is 1. The van der Waals surface area contributed by atoms with Gasteiger partial charge in [-0.2, -0.15) is 4.31 Å². The number of hydrogen-bond donors (Lipinski definition) is 1. The summed E-state index contributed by atoms with van der Waals surface area (Å²) >= 11 is 0. The molecular weight excluding hydrogens is 421 g/mol. The van der Waals surface area contributed by atoms with Gasteiger partial charge in [0.05, 0.1) is 6.54 Å². The van der Waals surface area contributed by atoms with Crippen molar-refractivity contribution in [2.24, 2.45) is 0 Å². The van der Waals surface area contributed by atoms with Gasteiger partial charge in [-0.25, -0.2) is 17.8 Å². The van der Waals surface area contributed by atoms with Gasteiger partial charge >= 0.3 is 0 Å². The normalized spacial score (nSPS) is 15.9. The molecule has 1 amide bonds. The molecule has 3 heterocycles. The molecule has 0 radical (unpaired) electrons. The van der Waals surface area contributed by atoms with Crippen molar-refractivity contribution >= 4 is 27.0 Å². The van der Waals surface area contributed by atoms with Crippen LogP contribution in [0.1, 0.15) is 5.56 Å². The lowest BCUT2D eigenvalue weighted by molar-refractivity contribution is -0.131. The number of likely N-dealkylation sites (N-methyl/N-ethyl adjacent to an activating group) is 1. The van der Waals surface area contributed by atoms with Gasteiger partial charge in [-0.3, -0.25) is 9.69 Å². The summed E-state index contributed by atoms with van der Waals surface area (Å²) in [4.78, 5) is 23.2. The molecule has 164 valence electrons. The van der Waals surface area contributed by atoms with Crippen molar-refractivity contribution in [1.29, 1.82) is 0 Å². The van der Waals surface area contributed by atoms with Gasteiger partial charge < -0.3 is 9.88 Å². The van der Waals surface area contributed by atoms with Gasteiger partial charge in [-0.1, -0.05) is 18.2 Å². The molecule has 1 aromatic carbocycles. The molecule has 1 aliphatic rings. The van der Waals surface area contributed by atoms with E-state index < -0.39 is 10.0 Å². The SMILES string of the molecule is CN(Cc1ccccc1F)C(=O)CN1CCN(S(=O)(=O)c2c[nH]c3ncccc23)CC1. The molecule has 0 bridgehead atoms. The average molecular weight is 446 g/mol. The molecule has 3 aromatic rings. The average Bonchev–Trinajstić information content (AvgIpc) is 3.21. The Balaban J connectivity index is 1.35. The van der Waals surface area contributed by atoms with Gasteiger partial charge in [0, 0.05) is 63.1 Å². The molecule has 0 aliphatic carbocycles. The first-order valence-corrected chi connectivity index (χ1v) is 11.4. The van der Waals surface area contributed by atoms with Crippen molar-refractivity contribution in [3.63, 3.8) is 0 Å². The number of amides is 1. The zero-order chi connectivity index (χ0) is 22.0. The zero-order valence-corrected chi connectivity index (χ0v) is 18.0. The molecule has 0 spiro atoms. The lowest BCUT2D eigenvalue weighted by atomic mass is 10.2. The van der Waals surface area contributed by atoms with E-state index in [9.17, 15) is 17.6 Å². The highest BCUT2D eigenvalue weighted by molar-refractivity contribution is 7.89. The summed E-state index contributed by atoms with van der Waals surface area (Å²) in [6, 6.07) is 9.81. The van der Waals surface area contributed by atoms with Crippen molar-refractivity contribution in [1.82, 2.24) is 24.1 Å². The van der Waals surface area contributed by atoms with Crippen LogP contribution in [0.2, 0.25) is 0 Å². The molecule has 8 nitrogen and oxygen atoms in total. The van der Waals surface area contributed by atoms with Crippen LogP contribution in [0.3, 0.4) is 0 Å². The number of nitrogens with zero attached hydrogens (tertiary/aromatic N) is 4. The molecule has 4 rings (SSSR count). The van der Waals surface area contributed by atoms with Crippen molar-refractivity contribution in [2.45, 2.75) is 11.4 Å². The third kappa shape index (κ3) is 4.46. The standard InChI is InChI=1S/C21H24FN5O3S/c1-25(14-16-5-2-3-7-18(16)22)20(28)15-26-9-11-27(12-10-26)31(29,30)19-13-24-21-17(19)6-4-8-23-21/h2-8,13H,9-12,14-15H2,1H3,(H,23,24). The highest BCUT2D eigenvalue weighted by atomic mass is 32.2. The summed E-state index contributed by atoms with van der Waals surface area (Å²) in [5.41, 5.74) is 0.991. The number of rotatable bonds is 6. The minimum Gasteiger partial charge on any atom is -0.345 e. The predicted molar refractivity (Wildman–Crippen MR) is 114 cm³/mol.